The molecule has 0 aliphatic carbocycles. The summed E-state index contributed by atoms with van der Waals surface area (Å²) in [5.41, 5.74) is 1.16. The maximum Gasteiger partial charge on any atom is 0.292 e. The lowest BCUT2D eigenvalue weighted by molar-refractivity contribution is -0.383. The molecule has 1 heterocycles. The van der Waals surface area contributed by atoms with Crippen LogP contribution in [0.25, 0.3) is 17.1 Å². The van der Waals surface area contributed by atoms with E-state index < -0.39 is 10.8 Å². The highest BCUT2D eigenvalue weighted by molar-refractivity contribution is 9.10. The van der Waals surface area contributed by atoms with Crippen molar-refractivity contribution >= 4 is 45.0 Å². The van der Waals surface area contributed by atoms with Crippen LogP contribution in [0, 0.1) is 10.1 Å². The number of halogens is 1. The standard InChI is InChI=1S/C22H16BrN5O4S/c23-14-10-11-19(29)16(12-14)21-25-26-22(27(21)15-6-2-1-3-7-15)33-13-20(30)24-17-8-4-5-9-18(17)28(31)32/h1-12,29H,13H2,(H,24,30). The van der Waals surface area contributed by atoms with Crippen LogP contribution in [-0.4, -0.2) is 36.5 Å². The number of nitro benzene ring substituents is 1. The highest BCUT2D eigenvalue weighted by Crippen LogP contribution is 2.34. The molecule has 4 aromatic rings. The van der Waals surface area contributed by atoms with Crippen molar-refractivity contribution in [2.75, 3.05) is 11.1 Å². The zero-order valence-corrected chi connectivity index (χ0v) is 19.3. The summed E-state index contributed by atoms with van der Waals surface area (Å²) in [6, 6.07) is 20.2. The number of carbonyl (C=O) groups is 1. The summed E-state index contributed by atoms with van der Waals surface area (Å²) in [7, 11) is 0. The van der Waals surface area contributed by atoms with Crippen molar-refractivity contribution in [2.24, 2.45) is 0 Å². The van der Waals surface area contributed by atoms with Gasteiger partial charge in [-0.3, -0.25) is 19.5 Å². The van der Waals surface area contributed by atoms with E-state index in [2.05, 4.69) is 31.4 Å². The minimum Gasteiger partial charge on any atom is -0.507 e. The number of anilines is 1. The fourth-order valence-electron chi connectivity index (χ4n) is 3.09. The summed E-state index contributed by atoms with van der Waals surface area (Å²) in [6.45, 7) is 0. The molecule has 0 saturated carbocycles. The number of phenolic OH excluding ortho intramolecular Hbond substituents is 1. The van der Waals surface area contributed by atoms with Crippen molar-refractivity contribution in [3.05, 3.63) is 87.4 Å². The average molecular weight is 526 g/mol. The highest BCUT2D eigenvalue weighted by Gasteiger charge is 2.20. The van der Waals surface area contributed by atoms with Crippen molar-refractivity contribution in [1.82, 2.24) is 14.8 Å². The van der Waals surface area contributed by atoms with Crippen LogP contribution in [0.1, 0.15) is 0 Å². The van der Waals surface area contributed by atoms with E-state index in [0.29, 0.717) is 16.5 Å². The smallest absolute Gasteiger partial charge is 0.292 e. The monoisotopic (exact) mass is 525 g/mol. The molecule has 0 fully saturated rings. The first kappa shape index (κ1) is 22.5. The Kier molecular flexibility index (Phi) is 6.71. The summed E-state index contributed by atoms with van der Waals surface area (Å²) >= 11 is 4.53. The number of phenols is 1. The fourth-order valence-corrected chi connectivity index (χ4v) is 4.20. The lowest BCUT2D eigenvalue weighted by Gasteiger charge is -2.11. The predicted octanol–water partition coefficient (Wildman–Crippen LogP) is 5.04. The Balaban J connectivity index is 1.62. The first-order valence-corrected chi connectivity index (χ1v) is 11.4. The molecule has 0 saturated heterocycles. The third kappa shape index (κ3) is 5.04. The van der Waals surface area contributed by atoms with Gasteiger partial charge in [0.15, 0.2) is 11.0 Å². The second-order valence-corrected chi connectivity index (χ2v) is 8.61. The topological polar surface area (TPSA) is 123 Å². The number of hydrogen-bond acceptors (Lipinski definition) is 7. The number of hydrogen-bond donors (Lipinski definition) is 2. The number of nitrogens with one attached hydrogen (secondary N) is 1. The maximum absolute atomic E-state index is 12.5. The highest BCUT2D eigenvalue weighted by atomic mass is 79.9. The molecule has 1 amide bonds. The molecule has 9 nitrogen and oxygen atoms in total. The number of para-hydroxylation sites is 3. The van der Waals surface area contributed by atoms with E-state index in [1.54, 1.807) is 28.8 Å². The normalized spacial score (nSPS) is 10.7. The predicted molar refractivity (Wildman–Crippen MR) is 129 cm³/mol. The number of nitro groups is 1. The molecule has 0 unspecified atom stereocenters. The third-order valence-corrected chi connectivity index (χ3v) is 5.98. The van der Waals surface area contributed by atoms with Crippen LogP contribution in [0.2, 0.25) is 0 Å². The first-order chi connectivity index (χ1) is 15.9. The number of aromatic hydroxyl groups is 1. The summed E-state index contributed by atoms with van der Waals surface area (Å²) in [5.74, 6) is -0.0413. The van der Waals surface area contributed by atoms with E-state index in [-0.39, 0.29) is 22.9 Å². The van der Waals surface area contributed by atoms with Gasteiger partial charge in [-0.05, 0) is 36.4 Å². The molecule has 0 bridgehead atoms. The quantitative estimate of drug-likeness (QED) is 0.196. The molecular formula is C22H16BrN5O4S. The Morgan fingerprint density at radius 1 is 1.09 bits per heavy atom. The molecular weight excluding hydrogens is 510 g/mol. The van der Waals surface area contributed by atoms with Gasteiger partial charge in [-0.1, -0.05) is 58.0 Å². The SMILES string of the molecule is O=C(CSc1nnc(-c2cc(Br)ccc2O)n1-c1ccccc1)Nc1ccccc1[N+](=O)[O-]. The van der Waals surface area contributed by atoms with E-state index in [9.17, 15) is 20.0 Å². The number of nitrogens with zero attached hydrogens (tertiary/aromatic N) is 4. The number of carbonyl (C=O) groups excluding carboxylic acids is 1. The van der Waals surface area contributed by atoms with Crippen molar-refractivity contribution in [1.29, 1.82) is 0 Å². The molecule has 0 aliphatic rings. The number of rotatable bonds is 7. The van der Waals surface area contributed by atoms with Gasteiger partial charge in [-0.25, -0.2) is 0 Å². The van der Waals surface area contributed by atoms with Gasteiger partial charge in [-0.15, -0.1) is 10.2 Å². The van der Waals surface area contributed by atoms with E-state index >= 15 is 0 Å². The molecule has 4 rings (SSSR count). The van der Waals surface area contributed by atoms with E-state index in [1.165, 1.54) is 18.2 Å². The Bertz CT molecular complexity index is 1330. The summed E-state index contributed by atoms with van der Waals surface area (Å²) in [5, 5.41) is 33.0. The van der Waals surface area contributed by atoms with Crippen LogP contribution in [0.5, 0.6) is 5.75 Å². The van der Waals surface area contributed by atoms with Crippen LogP contribution >= 0.6 is 27.7 Å². The second-order valence-electron chi connectivity index (χ2n) is 6.75. The van der Waals surface area contributed by atoms with Gasteiger partial charge in [0, 0.05) is 16.2 Å². The molecule has 0 radical (unpaired) electrons. The molecule has 11 heteroatoms. The lowest BCUT2D eigenvalue weighted by atomic mass is 10.2. The van der Waals surface area contributed by atoms with Gasteiger partial charge in [0.05, 0.1) is 16.2 Å². The summed E-state index contributed by atoms with van der Waals surface area (Å²) in [6.07, 6.45) is 0. The van der Waals surface area contributed by atoms with Gasteiger partial charge in [0.2, 0.25) is 5.91 Å². The largest absolute Gasteiger partial charge is 0.507 e. The van der Waals surface area contributed by atoms with E-state index in [4.69, 9.17) is 0 Å². The zero-order chi connectivity index (χ0) is 23.4. The Morgan fingerprint density at radius 3 is 2.58 bits per heavy atom. The Labute approximate surface area is 200 Å². The molecule has 2 N–H and O–H groups in total. The van der Waals surface area contributed by atoms with Crippen molar-refractivity contribution in [3.8, 4) is 22.8 Å². The second kappa shape index (κ2) is 9.84. The zero-order valence-electron chi connectivity index (χ0n) is 16.9. The van der Waals surface area contributed by atoms with Gasteiger partial charge in [-0.2, -0.15) is 0 Å². The molecule has 0 spiro atoms. The van der Waals surface area contributed by atoms with E-state index in [0.717, 1.165) is 21.9 Å². The Morgan fingerprint density at radius 2 is 1.82 bits per heavy atom. The van der Waals surface area contributed by atoms with Crippen LogP contribution in [0.4, 0.5) is 11.4 Å². The average Bonchev–Trinajstić information content (AvgIpc) is 3.24. The first-order valence-electron chi connectivity index (χ1n) is 9.60. The molecule has 0 aliphatic heterocycles. The van der Waals surface area contributed by atoms with E-state index in [1.807, 2.05) is 30.3 Å². The third-order valence-electron chi connectivity index (χ3n) is 4.55. The molecule has 1 aromatic heterocycles. The number of aromatic nitrogens is 3. The van der Waals surface area contributed by atoms with Crippen LogP contribution in [0.3, 0.4) is 0 Å². The van der Waals surface area contributed by atoms with Crippen molar-refractivity contribution in [3.63, 3.8) is 0 Å². The van der Waals surface area contributed by atoms with Crippen LogP contribution in [0.15, 0.2) is 82.4 Å². The van der Waals surface area contributed by atoms with Crippen LogP contribution in [-0.2, 0) is 4.79 Å². The van der Waals surface area contributed by atoms with Gasteiger partial charge in [0.1, 0.15) is 11.4 Å². The lowest BCUT2D eigenvalue weighted by Crippen LogP contribution is -2.15. The van der Waals surface area contributed by atoms with Gasteiger partial charge in [0.25, 0.3) is 5.69 Å². The van der Waals surface area contributed by atoms with Gasteiger partial charge >= 0.3 is 0 Å². The summed E-state index contributed by atoms with van der Waals surface area (Å²) < 4.78 is 2.50. The Hall–Kier alpha value is -3.70. The van der Waals surface area contributed by atoms with Crippen molar-refractivity contribution in [2.45, 2.75) is 5.16 Å². The van der Waals surface area contributed by atoms with Gasteiger partial charge < -0.3 is 10.4 Å². The van der Waals surface area contributed by atoms with Crippen LogP contribution < -0.4 is 5.32 Å². The minimum atomic E-state index is -0.550. The molecule has 0 atom stereocenters. The maximum atomic E-state index is 12.5. The fraction of sp³-hybridized carbons (Fsp3) is 0.0455. The van der Waals surface area contributed by atoms with Crippen molar-refractivity contribution < 1.29 is 14.8 Å². The number of benzene rings is 3. The molecule has 33 heavy (non-hydrogen) atoms. The number of amides is 1. The molecule has 3 aromatic carbocycles. The molecule has 166 valence electrons. The number of thioether (sulfide) groups is 1. The minimum absolute atomic E-state index is 0.0356. The summed E-state index contributed by atoms with van der Waals surface area (Å²) in [4.78, 5) is 23.2.